The van der Waals surface area contributed by atoms with Crippen molar-refractivity contribution in [3.8, 4) is 16.9 Å². The summed E-state index contributed by atoms with van der Waals surface area (Å²) in [5.41, 5.74) is 3.50. The van der Waals surface area contributed by atoms with Gasteiger partial charge < -0.3 is 4.74 Å². The maximum atomic E-state index is 13.2. The van der Waals surface area contributed by atoms with Crippen molar-refractivity contribution in [3.05, 3.63) is 115 Å². The molecule has 3 nitrogen and oxygen atoms in total. The molecule has 136 valence electrons. The Hall–Kier alpha value is -3.85. The summed E-state index contributed by atoms with van der Waals surface area (Å²) < 4.78 is 5.66. The lowest BCUT2D eigenvalue weighted by molar-refractivity contribution is 0.210. The molecule has 0 aliphatic carbocycles. The number of hydrogen-bond acceptors (Lipinski definition) is 2. The Balaban J connectivity index is 1.80. The van der Waals surface area contributed by atoms with Gasteiger partial charge in [-0.1, -0.05) is 84.9 Å². The number of rotatable bonds is 4. The van der Waals surface area contributed by atoms with Crippen molar-refractivity contribution in [1.82, 2.24) is 0 Å². The molecule has 0 radical (unpaired) electrons. The third-order valence-electron chi connectivity index (χ3n) is 4.38. The van der Waals surface area contributed by atoms with Crippen molar-refractivity contribution in [1.29, 1.82) is 0 Å². The predicted molar refractivity (Wildman–Crippen MR) is 113 cm³/mol. The first kappa shape index (κ1) is 17.6. The molecular formula is C25H19NO2. The van der Waals surface area contributed by atoms with Crippen LogP contribution in [0.5, 0.6) is 5.75 Å². The molecule has 0 atom stereocenters. The van der Waals surface area contributed by atoms with Gasteiger partial charge in [-0.2, -0.15) is 0 Å². The Kier molecular flexibility index (Phi) is 5.16. The molecule has 0 saturated heterocycles. The van der Waals surface area contributed by atoms with Gasteiger partial charge in [-0.3, -0.25) is 0 Å². The van der Waals surface area contributed by atoms with Gasteiger partial charge in [0.15, 0.2) is 0 Å². The van der Waals surface area contributed by atoms with Gasteiger partial charge in [0.25, 0.3) is 0 Å². The number of carbonyl (C=O) groups excluding carboxylic acids is 1. The van der Waals surface area contributed by atoms with Gasteiger partial charge in [0.2, 0.25) is 0 Å². The second-order valence-electron chi connectivity index (χ2n) is 6.24. The van der Waals surface area contributed by atoms with Gasteiger partial charge in [0.1, 0.15) is 5.75 Å². The van der Waals surface area contributed by atoms with Crippen LogP contribution in [0.25, 0.3) is 11.1 Å². The molecule has 4 rings (SSSR count). The molecule has 0 N–H and O–H groups in total. The summed E-state index contributed by atoms with van der Waals surface area (Å²) in [6.07, 6.45) is -0.458. The zero-order chi connectivity index (χ0) is 19.2. The van der Waals surface area contributed by atoms with E-state index in [0.717, 1.165) is 22.5 Å². The van der Waals surface area contributed by atoms with Crippen molar-refractivity contribution in [2.24, 2.45) is 0 Å². The molecule has 0 saturated carbocycles. The highest BCUT2D eigenvalue weighted by molar-refractivity contribution is 6.01. The molecule has 4 aromatic rings. The predicted octanol–water partition coefficient (Wildman–Crippen LogP) is 6.69. The monoisotopic (exact) mass is 365 g/mol. The summed E-state index contributed by atoms with van der Waals surface area (Å²) in [6, 6.07) is 36.5. The number of nitrogens with zero attached hydrogens (tertiary/aromatic N) is 1. The molecule has 28 heavy (non-hydrogen) atoms. The van der Waals surface area contributed by atoms with E-state index in [2.05, 4.69) is 0 Å². The van der Waals surface area contributed by atoms with E-state index in [9.17, 15) is 4.79 Å². The van der Waals surface area contributed by atoms with E-state index in [1.165, 1.54) is 0 Å². The minimum atomic E-state index is -0.458. The highest BCUT2D eigenvalue weighted by Gasteiger charge is 2.23. The summed E-state index contributed by atoms with van der Waals surface area (Å²) in [7, 11) is 0. The van der Waals surface area contributed by atoms with Crippen LogP contribution in [0.15, 0.2) is 115 Å². The van der Waals surface area contributed by atoms with E-state index in [4.69, 9.17) is 4.74 Å². The molecule has 0 aliphatic heterocycles. The molecule has 1 amide bonds. The molecule has 0 bridgehead atoms. The fourth-order valence-corrected chi connectivity index (χ4v) is 3.09. The van der Waals surface area contributed by atoms with Gasteiger partial charge in [-0.15, -0.1) is 0 Å². The first-order valence-electron chi connectivity index (χ1n) is 9.09. The zero-order valence-electron chi connectivity index (χ0n) is 15.2. The van der Waals surface area contributed by atoms with E-state index in [1.54, 1.807) is 17.0 Å². The molecule has 0 aliphatic rings. The second-order valence-corrected chi connectivity index (χ2v) is 6.24. The Morgan fingerprint density at radius 1 is 0.607 bits per heavy atom. The average molecular weight is 365 g/mol. The number of ether oxygens (including phenoxy) is 1. The van der Waals surface area contributed by atoms with Crippen LogP contribution in [-0.2, 0) is 0 Å². The number of carbonyl (C=O) groups is 1. The van der Waals surface area contributed by atoms with Crippen LogP contribution in [0.4, 0.5) is 16.2 Å². The topological polar surface area (TPSA) is 29.5 Å². The lowest BCUT2D eigenvalue weighted by atomic mass is 10.0. The summed E-state index contributed by atoms with van der Waals surface area (Å²) in [5.74, 6) is 0.505. The summed E-state index contributed by atoms with van der Waals surface area (Å²) in [5, 5.41) is 0. The number of benzene rings is 4. The maximum Gasteiger partial charge on any atom is 0.424 e. The fraction of sp³-hybridized carbons (Fsp3) is 0. The second kappa shape index (κ2) is 8.23. The largest absolute Gasteiger partial charge is 0.424 e. The van der Waals surface area contributed by atoms with Crippen LogP contribution in [0.1, 0.15) is 0 Å². The van der Waals surface area contributed by atoms with Gasteiger partial charge in [0.05, 0.1) is 11.4 Å². The number of hydrogen-bond donors (Lipinski definition) is 0. The fourth-order valence-electron chi connectivity index (χ4n) is 3.09. The van der Waals surface area contributed by atoms with Gasteiger partial charge in [-0.25, -0.2) is 9.69 Å². The molecule has 0 spiro atoms. The van der Waals surface area contributed by atoms with Crippen molar-refractivity contribution in [3.63, 3.8) is 0 Å². The van der Waals surface area contributed by atoms with Gasteiger partial charge >= 0.3 is 6.09 Å². The molecule has 0 heterocycles. The van der Waals surface area contributed by atoms with Crippen LogP contribution in [0, 0.1) is 0 Å². The Labute approximate surface area is 164 Å². The van der Waals surface area contributed by atoms with Gasteiger partial charge in [-0.05, 0) is 35.9 Å². The summed E-state index contributed by atoms with van der Waals surface area (Å²) >= 11 is 0. The first-order chi connectivity index (χ1) is 13.8. The van der Waals surface area contributed by atoms with Crippen LogP contribution in [-0.4, -0.2) is 6.09 Å². The van der Waals surface area contributed by atoms with Crippen LogP contribution < -0.4 is 9.64 Å². The minimum absolute atomic E-state index is 0.458. The smallest absolute Gasteiger partial charge is 0.410 e. The maximum absolute atomic E-state index is 13.2. The Morgan fingerprint density at radius 3 is 1.82 bits per heavy atom. The van der Waals surface area contributed by atoms with E-state index in [1.807, 2.05) is 103 Å². The lowest BCUT2D eigenvalue weighted by Gasteiger charge is -2.25. The van der Waals surface area contributed by atoms with Crippen molar-refractivity contribution < 1.29 is 9.53 Å². The standard InChI is InChI=1S/C25H19NO2/c27-25(28-22-16-8-3-9-17-22)26(21-14-6-2-7-15-21)24-19-11-10-18-23(24)20-12-4-1-5-13-20/h1-19H. The lowest BCUT2D eigenvalue weighted by Crippen LogP contribution is -2.29. The molecule has 0 unspecified atom stereocenters. The third-order valence-corrected chi connectivity index (χ3v) is 4.38. The van der Waals surface area contributed by atoms with Crippen molar-refractivity contribution in [2.75, 3.05) is 4.90 Å². The SMILES string of the molecule is O=C(Oc1ccccc1)N(c1ccccc1)c1ccccc1-c1ccccc1. The number of amides is 1. The van der Waals surface area contributed by atoms with Crippen LogP contribution in [0.3, 0.4) is 0 Å². The van der Waals surface area contributed by atoms with E-state index >= 15 is 0 Å². The zero-order valence-corrected chi connectivity index (χ0v) is 15.2. The third kappa shape index (κ3) is 3.79. The molecule has 0 aromatic heterocycles. The molecular weight excluding hydrogens is 346 g/mol. The normalized spacial score (nSPS) is 10.3. The average Bonchev–Trinajstić information content (AvgIpc) is 2.76. The number of anilines is 2. The molecule has 0 fully saturated rings. The molecule has 4 aromatic carbocycles. The number of para-hydroxylation sites is 3. The summed E-state index contributed by atoms with van der Waals surface area (Å²) in [6.45, 7) is 0. The highest BCUT2D eigenvalue weighted by atomic mass is 16.6. The van der Waals surface area contributed by atoms with Crippen LogP contribution in [0.2, 0.25) is 0 Å². The van der Waals surface area contributed by atoms with Crippen molar-refractivity contribution in [2.45, 2.75) is 0 Å². The summed E-state index contributed by atoms with van der Waals surface area (Å²) in [4.78, 5) is 14.8. The van der Waals surface area contributed by atoms with E-state index < -0.39 is 6.09 Å². The Bertz CT molecular complexity index is 1050. The van der Waals surface area contributed by atoms with Crippen LogP contribution >= 0.6 is 0 Å². The highest BCUT2D eigenvalue weighted by Crippen LogP contribution is 2.35. The first-order valence-corrected chi connectivity index (χ1v) is 9.09. The van der Waals surface area contributed by atoms with Crippen molar-refractivity contribution >= 4 is 17.5 Å². The Morgan fingerprint density at radius 2 is 1.14 bits per heavy atom. The molecule has 3 heteroatoms. The minimum Gasteiger partial charge on any atom is -0.410 e. The van der Waals surface area contributed by atoms with E-state index in [-0.39, 0.29) is 0 Å². The van der Waals surface area contributed by atoms with Gasteiger partial charge in [0, 0.05) is 5.56 Å². The quantitative estimate of drug-likeness (QED) is 0.403. The van der Waals surface area contributed by atoms with E-state index in [0.29, 0.717) is 5.75 Å².